The zero-order chi connectivity index (χ0) is 13.3. The SMILES string of the molecule is COc1ccc([N+](=O)[O-])cc1-n1[nH]c(C)cc1=O. The normalized spacial score (nSPS) is 10.3. The molecule has 0 atom stereocenters. The van der Waals surface area contributed by atoms with Gasteiger partial charge < -0.3 is 4.74 Å². The van der Waals surface area contributed by atoms with Crippen molar-refractivity contribution >= 4 is 5.69 Å². The van der Waals surface area contributed by atoms with Gasteiger partial charge in [0.15, 0.2) is 0 Å². The number of nitro groups is 1. The smallest absolute Gasteiger partial charge is 0.271 e. The monoisotopic (exact) mass is 249 g/mol. The number of benzene rings is 1. The Morgan fingerprint density at radius 2 is 2.11 bits per heavy atom. The number of nitrogens with zero attached hydrogens (tertiary/aromatic N) is 2. The number of hydrogen-bond acceptors (Lipinski definition) is 4. The lowest BCUT2D eigenvalue weighted by Gasteiger charge is -2.08. The van der Waals surface area contributed by atoms with Crippen LogP contribution in [0.3, 0.4) is 0 Å². The lowest BCUT2D eigenvalue weighted by molar-refractivity contribution is -0.384. The van der Waals surface area contributed by atoms with Crippen LogP contribution in [-0.4, -0.2) is 21.8 Å². The van der Waals surface area contributed by atoms with Crippen molar-refractivity contribution in [2.45, 2.75) is 6.92 Å². The van der Waals surface area contributed by atoms with Gasteiger partial charge in [-0.15, -0.1) is 0 Å². The molecule has 7 nitrogen and oxygen atoms in total. The first-order chi connectivity index (χ1) is 8.52. The number of aryl methyl sites for hydroxylation is 1. The van der Waals surface area contributed by atoms with Gasteiger partial charge in [-0.2, -0.15) is 0 Å². The molecule has 0 aliphatic rings. The van der Waals surface area contributed by atoms with Gasteiger partial charge in [-0.05, 0) is 13.0 Å². The van der Waals surface area contributed by atoms with Crippen LogP contribution in [0, 0.1) is 17.0 Å². The third-order valence-electron chi connectivity index (χ3n) is 2.46. The number of methoxy groups -OCH3 is 1. The van der Waals surface area contributed by atoms with Gasteiger partial charge in [-0.25, -0.2) is 4.68 Å². The average Bonchev–Trinajstić information content (AvgIpc) is 2.67. The molecule has 7 heteroatoms. The van der Waals surface area contributed by atoms with E-state index in [0.717, 1.165) is 0 Å². The summed E-state index contributed by atoms with van der Waals surface area (Å²) in [5, 5.41) is 13.5. The first kappa shape index (κ1) is 11.9. The van der Waals surface area contributed by atoms with Gasteiger partial charge in [0.1, 0.15) is 11.4 Å². The number of H-pyrrole nitrogens is 1. The van der Waals surface area contributed by atoms with Gasteiger partial charge in [-0.1, -0.05) is 0 Å². The highest BCUT2D eigenvalue weighted by molar-refractivity contribution is 5.53. The van der Waals surface area contributed by atoms with Crippen molar-refractivity contribution in [1.29, 1.82) is 0 Å². The van der Waals surface area contributed by atoms with Crippen LogP contribution in [0.1, 0.15) is 5.69 Å². The number of nitrogens with one attached hydrogen (secondary N) is 1. The molecular formula is C11H11N3O4. The van der Waals surface area contributed by atoms with Gasteiger partial charge in [0.05, 0.1) is 12.0 Å². The van der Waals surface area contributed by atoms with E-state index >= 15 is 0 Å². The number of rotatable bonds is 3. The van der Waals surface area contributed by atoms with Crippen molar-refractivity contribution < 1.29 is 9.66 Å². The zero-order valence-electron chi connectivity index (χ0n) is 9.84. The van der Waals surface area contributed by atoms with E-state index in [1.165, 1.54) is 36.1 Å². The van der Waals surface area contributed by atoms with Crippen LogP contribution in [0.5, 0.6) is 5.75 Å². The average molecular weight is 249 g/mol. The fourth-order valence-electron chi connectivity index (χ4n) is 1.66. The molecule has 94 valence electrons. The molecule has 0 saturated heterocycles. The maximum Gasteiger partial charge on any atom is 0.271 e. The van der Waals surface area contributed by atoms with E-state index in [-0.39, 0.29) is 11.2 Å². The fourth-order valence-corrected chi connectivity index (χ4v) is 1.66. The Kier molecular flexibility index (Phi) is 2.88. The van der Waals surface area contributed by atoms with E-state index in [0.29, 0.717) is 17.1 Å². The van der Waals surface area contributed by atoms with Crippen LogP contribution in [0.25, 0.3) is 5.69 Å². The van der Waals surface area contributed by atoms with E-state index in [4.69, 9.17) is 4.74 Å². The van der Waals surface area contributed by atoms with E-state index < -0.39 is 4.92 Å². The van der Waals surface area contributed by atoms with E-state index in [1.54, 1.807) is 6.92 Å². The van der Waals surface area contributed by atoms with Crippen molar-refractivity contribution in [1.82, 2.24) is 9.78 Å². The summed E-state index contributed by atoms with van der Waals surface area (Å²) >= 11 is 0. The quantitative estimate of drug-likeness (QED) is 0.657. The first-order valence-electron chi connectivity index (χ1n) is 5.14. The van der Waals surface area contributed by atoms with Gasteiger partial charge >= 0.3 is 0 Å². The summed E-state index contributed by atoms with van der Waals surface area (Å²) in [7, 11) is 1.44. The zero-order valence-corrected chi connectivity index (χ0v) is 9.84. The Morgan fingerprint density at radius 3 is 2.61 bits per heavy atom. The summed E-state index contributed by atoms with van der Waals surface area (Å²) < 4.78 is 6.31. The summed E-state index contributed by atoms with van der Waals surface area (Å²) in [4.78, 5) is 21.9. The second kappa shape index (κ2) is 4.36. The summed E-state index contributed by atoms with van der Waals surface area (Å²) in [5.74, 6) is 0.379. The Bertz CT molecular complexity index is 657. The van der Waals surface area contributed by atoms with Crippen LogP contribution < -0.4 is 10.3 Å². The number of hydrogen-bond donors (Lipinski definition) is 1. The highest BCUT2D eigenvalue weighted by Crippen LogP contribution is 2.26. The minimum Gasteiger partial charge on any atom is -0.494 e. The van der Waals surface area contributed by atoms with Crippen LogP contribution in [0.4, 0.5) is 5.69 Å². The topological polar surface area (TPSA) is 90.2 Å². The molecule has 2 rings (SSSR count). The Morgan fingerprint density at radius 1 is 1.39 bits per heavy atom. The molecule has 0 aliphatic carbocycles. The first-order valence-corrected chi connectivity index (χ1v) is 5.14. The van der Waals surface area contributed by atoms with Gasteiger partial charge in [0.2, 0.25) is 0 Å². The second-order valence-corrected chi connectivity index (χ2v) is 3.73. The minimum atomic E-state index is -0.524. The molecule has 1 N–H and O–H groups in total. The molecule has 1 aromatic heterocycles. The van der Waals surface area contributed by atoms with Crippen LogP contribution in [0.15, 0.2) is 29.1 Å². The molecule has 2 aromatic rings. The molecule has 0 unspecified atom stereocenters. The molecule has 1 heterocycles. The molecule has 0 saturated carbocycles. The van der Waals surface area contributed by atoms with Crippen molar-refractivity contribution in [3.63, 3.8) is 0 Å². The predicted molar refractivity (Wildman–Crippen MR) is 64.3 cm³/mol. The third-order valence-corrected chi connectivity index (χ3v) is 2.46. The second-order valence-electron chi connectivity index (χ2n) is 3.73. The minimum absolute atomic E-state index is 0.107. The summed E-state index contributed by atoms with van der Waals surface area (Å²) in [6.45, 7) is 1.72. The lowest BCUT2D eigenvalue weighted by Crippen LogP contribution is -2.14. The molecular weight excluding hydrogens is 238 g/mol. The molecule has 1 aromatic carbocycles. The lowest BCUT2D eigenvalue weighted by atomic mass is 10.2. The number of ether oxygens (including phenoxy) is 1. The molecule has 0 aliphatic heterocycles. The fraction of sp³-hybridized carbons (Fsp3) is 0.182. The van der Waals surface area contributed by atoms with Gasteiger partial charge in [0, 0.05) is 23.9 Å². The summed E-state index contributed by atoms with van der Waals surface area (Å²) in [6.07, 6.45) is 0. The molecule has 0 amide bonds. The van der Waals surface area contributed by atoms with Gasteiger partial charge in [0.25, 0.3) is 11.2 Å². The summed E-state index contributed by atoms with van der Waals surface area (Å²) in [5.41, 5.74) is 0.564. The van der Waals surface area contributed by atoms with E-state index in [9.17, 15) is 14.9 Å². The molecule has 0 bridgehead atoms. The van der Waals surface area contributed by atoms with E-state index in [1.807, 2.05) is 0 Å². The van der Waals surface area contributed by atoms with E-state index in [2.05, 4.69) is 5.10 Å². The molecule has 0 spiro atoms. The third kappa shape index (κ3) is 1.97. The number of aromatic amines is 1. The number of nitro benzene ring substituents is 1. The molecule has 0 fully saturated rings. The van der Waals surface area contributed by atoms with Crippen LogP contribution in [-0.2, 0) is 0 Å². The highest BCUT2D eigenvalue weighted by Gasteiger charge is 2.14. The van der Waals surface area contributed by atoms with Crippen molar-refractivity contribution in [3.8, 4) is 11.4 Å². The van der Waals surface area contributed by atoms with Crippen LogP contribution in [0.2, 0.25) is 0 Å². The molecule has 0 radical (unpaired) electrons. The highest BCUT2D eigenvalue weighted by atomic mass is 16.6. The van der Waals surface area contributed by atoms with Crippen molar-refractivity contribution in [2.24, 2.45) is 0 Å². The van der Waals surface area contributed by atoms with Crippen LogP contribution >= 0.6 is 0 Å². The van der Waals surface area contributed by atoms with Gasteiger partial charge in [-0.3, -0.25) is 20.0 Å². The Hall–Kier alpha value is -2.57. The number of aromatic nitrogens is 2. The largest absolute Gasteiger partial charge is 0.494 e. The van der Waals surface area contributed by atoms with Crippen molar-refractivity contribution in [3.05, 3.63) is 50.4 Å². The predicted octanol–water partition coefficient (Wildman–Crippen LogP) is 1.39. The molecule has 18 heavy (non-hydrogen) atoms. The number of non-ortho nitro benzene ring substituents is 1. The van der Waals surface area contributed by atoms with Crippen molar-refractivity contribution in [2.75, 3.05) is 7.11 Å². The standard InChI is InChI=1S/C11H11N3O4/c1-7-5-11(15)13(12-7)9-6-8(14(16)17)3-4-10(9)18-2/h3-6,12H,1-2H3. The maximum atomic E-state index is 11.7. The summed E-state index contributed by atoms with van der Waals surface area (Å²) in [6, 6.07) is 5.47. The maximum absolute atomic E-state index is 11.7. The Labute approximate surface area is 102 Å². The Balaban J connectivity index is 2.67.